The predicted octanol–water partition coefficient (Wildman–Crippen LogP) is 2.94. The molecule has 4 nitrogen and oxygen atoms in total. The second-order valence-electron chi connectivity index (χ2n) is 6.32. The summed E-state index contributed by atoms with van der Waals surface area (Å²) in [5, 5.41) is 0. The molecule has 0 radical (unpaired) electrons. The lowest BCUT2D eigenvalue weighted by Crippen LogP contribution is -2.41. The van der Waals surface area contributed by atoms with Crippen LogP contribution in [0.3, 0.4) is 0 Å². The number of pyridine rings is 1. The van der Waals surface area contributed by atoms with Crippen molar-refractivity contribution in [3.63, 3.8) is 0 Å². The molecule has 2 unspecified atom stereocenters. The SMILES string of the molecule is CC1(C)CC(C(NN)c2ccc(Br)cn2)C(C)(C)O1. The lowest BCUT2D eigenvalue weighted by molar-refractivity contribution is -0.0780. The summed E-state index contributed by atoms with van der Waals surface area (Å²) >= 11 is 3.40. The fourth-order valence-electron chi connectivity index (χ4n) is 3.10. The summed E-state index contributed by atoms with van der Waals surface area (Å²) in [5.74, 6) is 6.05. The van der Waals surface area contributed by atoms with Gasteiger partial charge in [0.05, 0.1) is 22.9 Å². The van der Waals surface area contributed by atoms with Crippen molar-refractivity contribution < 1.29 is 4.74 Å². The molecule has 0 aromatic carbocycles. The Kier molecular flexibility index (Phi) is 4.02. The monoisotopic (exact) mass is 327 g/mol. The molecule has 1 fully saturated rings. The van der Waals surface area contributed by atoms with E-state index in [0.29, 0.717) is 0 Å². The van der Waals surface area contributed by atoms with Gasteiger partial charge in [-0.15, -0.1) is 0 Å². The number of hydrogen-bond acceptors (Lipinski definition) is 4. The van der Waals surface area contributed by atoms with E-state index in [1.165, 1.54) is 0 Å². The highest BCUT2D eigenvalue weighted by atomic mass is 79.9. The molecule has 5 heteroatoms. The second kappa shape index (κ2) is 5.13. The van der Waals surface area contributed by atoms with Crippen LogP contribution < -0.4 is 11.3 Å². The summed E-state index contributed by atoms with van der Waals surface area (Å²) in [6.07, 6.45) is 2.75. The van der Waals surface area contributed by atoms with E-state index in [1.54, 1.807) is 6.20 Å². The van der Waals surface area contributed by atoms with E-state index < -0.39 is 0 Å². The molecule has 19 heavy (non-hydrogen) atoms. The molecule has 0 amide bonds. The van der Waals surface area contributed by atoms with Gasteiger partial charge in [0, 0.05) is 16.6 Å². The third-order valence-corrected chi connectivity index (χ3v) is 4.26. The van der Waals surface area contributed by atoms with Gasteiger partial charge in [-0.3, -0.25) is 16.3 Å². The van der Waals surface area contributed by atoms with Crippen molar-refractivity contribution in [2.24, 2.45) is 11.8 Å². The van der Waals surface area contributed by atoms with E-state index in [9.17, 15) is 0 Å². The second-order valence-corrected chi connectivity index (χ2v) is 7.24. The summed E-state index contributed by atoms with van der Waals surface area (Å²) in [6.45, 7) is 8.49. The zero-order valence-corrected chi connectivity index (χ0v) is 13.5. The highest BCUT2D eigenvalue weighted by molar-refractivity contribution is 9.10. The average molecular weight is 328 g/mol. The minimum absolute atomic E-state index is 0.00938. The average Bonchev–Trinajstić information content (AvgIpc) is 2.51. The largest absolute Gasteiger partial charge is 0.369 e. The standard InChI is InChI=1S/C14H22BrN3O/c1-13(2)7-10(14(3,4)19-13)12(18-16)11-6-5-9(15)8-17-11/h5-6,8,10,12,18H,7,16H2,1-4H3. The van der Waals surface area contributed by atoms with Crippen molar-refractivity contribution >= 4 is 15.9 Å². The van der Waals surface area contributed by atoms with E-state index in [-0.39, 0.29) is 23.2 Å². The Hall–Kier alpha value is -0.490. The topological polar surface area (TPSA) is 60.2 Å². The van der Waals surface area contributed by atoms with Gasteiger partial charge in [-0.1, -0.05) is 0 Å². The van der Waals surface area contributed by atoms with Crippen LogP contribution in [0.5, 0.6) is 0 Å². The smallest absolute Gasteiger partial charge is 0.0688 e. The van der Waals surface area contributed by atoms with Crippen LogP contribution in [-0.4, -0.2) is 16.2 Å². The van der Waals surface area contributed by atoms with Gasteiger partial charge in [-0.25, -0.2) is 0 Å². The normalized spacial score (nSPS) is 26.3. The van der Waals surface area contributed by atoms with Crippen LogP contribution in [0.4, 0.5) is 0 Å². The van der Waals surface area contributed by atoms with Crippen molar-refractivity contribution in [3.8, 4) is 0 Å². The van der Waals surface area contributed by atoms with Crippen LogP contribution in [0.1, 0.15) is 45.9 Å². The number of nitrogens with two attached hydrogens (primary N) is 1. The van der Waals surface area contributed by atoms with Crippen molar-refractivity contribution in [1.82, 2.24) is 10.4 Å². The number of nitrogens with zero attached hydrogens (tertiary/aromatic N) is 1. The van der Waals surface area contributed by atoms with Gasteiger partial charge in [0.2, 0.25) is 0 Å². The first kappa shape index (κ1) is 14.9. The van der Waals surface area contributed by atoms with Gasteiger partial charge in [-0.05, 0) is 62.2 Å². The molecular weight excluding hydrogens is 306 g/mol. The van der Waals surface area contributed by atoms with Gasteiger partial charge in [0.25, 0.3) is 0 Å². The first-order chi connectivity index (χ1) is 8.75. The lowest BCUT2D eigenvalue weighted by atomic mass is 9.80. The molecule has 2 atom stereocenters. The van der Waals surface area contributed by atoms with E-state index >= 15 is 0 Å². The molecule has 1 aliphatic rings. The number of aromatic nitrogens is 1. The van der Waals surface area contributed by atoms with Crippen molar-refractivity contribution in [3.05, 3.63) is 28.5 Å². The Bertz CT molecular complexity index is 445. The molecule has 1 aromatic heterocycles. The Morgan fingerprint density at radius 2 is 2.11 bits per heavy atom. The maximum absolute atomic E-state index is 6.14. The zero-order chi connectivity index (χ0) is 14.3. The summed E-state index contributed by atoms with van der Waals surface area (Å²) in [4.78, 5) is 4.46. The molecule has 1 aliphatic heterocycles. The summed E-state index contributed by atoms with van der Waals surface area (Å²) in [6, 6.07) is 3.97. The van der Waals surface area contributed by atoms with Crippen molar-refractivity contribution in [2.45, 2.75) is 51.4 Å². The summed E-state index contributed by atoms with van der Waals surface area (Å²) in [7, 11) is 0. The third-order valence-electron chi connectivity index (χ3n) is 3.79. The quantitative estimate of drug-likeness (QED) is 0.662. The van der Waals surface area contributed by atoms with Gasteiger partial charge >= 0.3 is 0 Å². The number of nitrogens with one attached hydrogen (secondary N) is 1. The molecule has 3 N–H and O–H groups in total. The molecule has 1 aromatic rings. The summed E-state index contributed by atoms with van der Waals surface area (Å²) in [5.41, 5.74) is 3.51. The molecule has 0 spiro atoms. The first-order valence-electron chi connectivity index (χ1n) is 6.53. The maximum atomic E-state index is 6.14. The van der Waals surface area contributed by atoms with E-state index in [2.05, 4.69) is 54.0 Å². The third kappa shape index (κ3) is 3.16. The molecule has 2 rings (SSSR count). The van der Waals surface area contributed by atoms with E-state index in [0.717, 1.165) is 16.6 Å². The van der Waals surface area contributed by atoms with Crippen LogP contribution in [0, 0.1) is 5.92 Å². The molecule has 0 saturated carbocycles. The number of ether oxygens (including phenoxy) is 1. The highest BCUT2D eigenvalue weighted by Crippen LogP contribution is 2.47. The zero-order valence-electron chi connectivity index (χ0n) is 11.9. The van der Waals surface area contributed by atoms with Crippen LogP contribution in [0.2, 0.25) is 0 Å². The molecule has 0 aliphatic carbocycles. The fraction of sp³-hybridized carbons (Fsp3) is 0.643. The van der Waals surface area contributed by atoms with Gasteiger partial charge in [0.15, 0.2) is 0 Å². The van der Waals surface area contributed by atoms with Gasteiger partial charge in [-0.2, -0.15) is 0 Å². The van der Waals surface area contributed by atoms with Crippen molar-refractivity contribution in [1.29, 1.82) is 0 Å². The molecule has 2 heterocycles. The van der Waals surface area contributed by atoms with Crippen LogP contribution in [-0.2, 0) is 4.74 Å². The molecule has 1 saturated heterocycles. The maximum Gasteiger partial charge on any atom is 0.0688 e. The number of hydrogen-bond donors (Lipinski definition) is 2. The number of rotatable bonds is 3. The fourth-order valence-corrected chi connectivity index (χ4v) is 3.34. The molecule has 106 valence electrons. The Morgan fingerprint density at radius 1 is 1.42 bits per heavy atom. The van der Waals surface area contributed by atoms with Crippen LogP contribution >= 0.6 is 15.9 Å². The first-order valence-corrected chi connectivity index (χ1v) is 7.32. The van der Waals surface area contributed by atoms with Crippen LogP contribution in [0.25, 0.3) is 0 Å². The van der Waals surface area contributed by atoms with Crippen molar-refractivity contribution in [2.75, 3.05) is 0 Å². The highest BCUT2D eigenvalue weighted by Gasteiger charge is 2.49. The van der Waals surface area contributed by atoms with Crippen LogP contribution in [0.15, 0.2) is 22.8 Å². The van der Waals surface area contributed by atoms with Gasteiger partial charge < -0.3 is 4.74 Å². The Labute approximate surface area is 123 Å². The number of halogens is 1. The minimum atomic E-state index is -0.227. The Balaban J connectivity index is 2.29. The Morgan fingerprint density at radius 3 is 2.53 bits per heavy atom. The lowest BCUT2D eigenvalue weighted by Gasteiger charge is -2.32. The predicted molar refractivity (Wildman–Crippen MR) is 79.4 cm³/mol. The molecule has 0 bridgehead atoms. The summed E-state index contributed by atoms with van der Waals surface area (Å²) < 4.78 is 7.11. The van der Waals surface area contributed by atoms with E-state index in [1.807, 2.05) is 12.1 Å². The van der Waals surface area contributed by atoms with E-state index in [4.69, 9.17) is 10.6 Å². The molecular formula is C14H22BrN3O. The minimum Gasteiger partial charge on any atom is -0.369 e. The number of hydrazine groups is 1. The van der Waals surface area contributed by atoms with Gasteiger partial charge in [0.1, 0.15) is 0 Å².